The molecule has 0 spiro atoms. The van der Waals surface area contributed by atoms with Gasteiger partial charge in [0.2, 0.25) is 5.95 Å². The van der Waals surface area contributed by atoms with Crippen LogP contribution in [0.25, 0.3) is 11.2 Å². The van der Waals surface area contributed by atoms with E-state index in [-0.39, 0.29) is 5.95 Å². The summed E-state index contributed by atoms with van der Waals surface area (Å²) in [6, 6.07) is 0. The number of aliphatic hydroxyl groups excluding tert-OH is 2. The fraction of sp³-hybridized carbons (Fsp3) is 0.500. The van der Waals surface area contributed by atoms with Gasteiger partial charge in [-0.2, -0.15) is 4.98 Å². The lowest BCUT2D eigenvalue weighted by atomic mass is 10.1. The van der Waals surface area contributed by atoms with Gasteiger partial charge in [0.25, 0.3) is 0 Å². The highest BCUT2D eigenvalue weighted by atomic mass is 127. The lowest BCUT2D eigenvalue weighted by Gasteiger charge is -2.15. The number of aromatic nitrogens is 4. The second-order valence-corrected chi connectivity index (χ2v) is 5.40. The van der Waals surface area contributed by atoms with Crippen molar-refractivity contribution in [3.05, 3.63) is 10.0 Å². The molecule has 1 saturated heterocycles. The van der Waals surface area contributed by atoms with Gasteiger partial charge in [0, 0.05) is 0 Å². The molecule has 2 aromatic rings. The van der Waals surface area contributed by atoms with Crippen LogP contribution < -0.4 is 5.73 Å². The molecular weight excluding hydrogens is 384 g/mol. The van der Waals surface area contributed by atoms with Crippen molar-refractivity contribution < 1.29 is 19.3 Å². The number of aliphatic hydroxyl groups is 2. The standard InChI is InChI=1S/C10H11FIN5O3/c11-4-6(19)3(1-18)20-9(4)17-2-14-5-7(12)15-10(13)16-8(5)17/h2-4,6,9,18-19H,1H2,(H2,13,15,16)/t3-,4?,6+,9-/m1/s1. The molecular formula is C10H11FIN5O3. The van der Waals surface area contributed by atoms with Crippen molar-refractivity contribution in [1.29, 1.82) is 0 Å². The van der Waals surface area contributed by atoms with Gasteiger partial charge in [0.05, 0.1) is 12.9 Å². The molecule has 1 aliphatic rings. The Morgan fingerprint density at radius 1 is 1.50 bits per heavy atom. The van der Waals surface area contributed by atoms with E-state index in [0.717, 1.165) is 0 Å². The zero-order chi connectivity index (χ0) is 14.4. The maximum Gasteiger partial charge on any atom is 0.223 e. The molecule has 4 atom stereocenters. The quantitative estimate of drug-likeness (QED) is 0.468. The number of nitrogens with two attached hydrogens (primary N) is 1. The topological polar surface area (TPSA) is 119 Å². The molecule has 20 heavy (non-hydrogen) atoms. The molecule has 4 N–H and O–H groups in total. The predicted octanol–water partition coefficient (Wildman–Crippen LogP) is -0.398. The van der Waals surface area contributed by atoms with Crippen LogP contribution in [0.5, 0.6) is 0 Å². The minimum atomic E-state index is -1.70. The third kappa shape index (κ3) is 2.03. The summed E-state index contributed by atoms with van der Waals surface area (Å²) in [5.41, 5.74) is 6.36. The Balaban J connectivity index is 2.07. The molecule has 0 radical (unpaired) electrons. The Morgan fingerprint density at radius 3 is 2.90 bits per heavy atom. The largest absolute Gasteiger partial charge is 0.394 e. The summed E-state index contributed by atoms with van der Waals surface area (Å²) < 4.78 is 21.3. The van der Waals surface area contributed by atoms with Crippen molar-refractivity contribution in [3.8, 4) is 0 Å². The summed E-state index contributed by atoms with van der Waals surface area (Å²) in [5, 5.41) is 18.7. The zero-order valence-corrected chi connectivity index (χ0v) is 12.2. The van der Waals surface area contributed by atoms with E-state index in [4.69, 9.17) is 15.6 Å². The van der Waals surface area contributed by atoms with E-state index in [9.17, 15) is 9.50 Å². The first-order valence-corrected chi connectivity index (χ1v) is 6.84. The molecule has 0 saturated carbocycles. The van der Waals surface area contributed by atoms with Gasteiger partial charge >= 0.3 is 0 Å². The average Bonchev–Trinajstić information content (AvgIpc) is 2.93. The smallest absolute Gasteiger partial charge is 0.223 e. The molecule has 3 heterocycles. The van der Waals surface area contributed by atoms with E-state index in [1.807, 2.05) is 22.6 Å². The highest BCUT2D eigenvalue weighted by Gasteiger charge is 2.45. The van der Waals surface area contributed by atoms with Crippen molar-refractivity contribution in [3.63, 3.8) is 0 Å². The monoisotopic (exact) mass is 395 g/mol. The Hall–Kier alpha value is -1.11. The third-order valence-corrected chi connectivity index (χ3v) is 3.90. The van der Waals surface area contributed by atoms with Crippen LogP contribution in [-0.2, 0) is 4.74 Å². The lowest BCUT2D eigenvalue weighted by Crippen LogP contribution is -2.30. The highest BCUT2D eigenvalue weighted by Crippen LogP contribution is 2.33. The maximum absolute atomic E-state index is 14.1. The number of imidazole rings is 1. The number of halogens is 2. The van der Waals surface area contributed by atoms with Crippen molar-refractivity contribution in [1.82, 2.24) is 19.5 Å². The van der Waals surface area contributed by atoms with Crippen molar-refractivity contribution in [2.24, 2.45) is 0 Å². The Morgan fingerprint density at radius 2 is 2.25 bits per heavy atom. The number of anilines is 1. The predicted molar refractivity (Wildman–Crippen MR) is 74.4 cm³/mol. The van der Waals surface area contributed by atoms with Gasteiger partial charge in [0.15, 0.2) is 18.0 Å². The molecule has 2 aromatic heterocycles. The minimum Gasteiger partial charge on any atom is -0.394 e. The molecule has 108 valence electrons. The van der Waals surface area contributed by atoms with Crippen LogP contribution in [0.2, 0.25) is 0 Å². The van der Waals surface area contributed by atoms with Crippen LogP contribution in [0, 0.1) is 3.70 Å². The second kappa shape index (κ2) is 5.02. The summed E-state index contributed by atoms with van der Waals surface area (Å²) in [6.45, 7) is -0.473. The lowest BCUT2D eigenvalue weighted by molar-refractivity contribution is -0.0459. The number of ether oxygens (including phenoxy) is 1. The van der Waals surface area contributed by atoms with E-state index < -0.39 is 31.2 Å². The van der Waals surface area contributed by atoms with Gasteiger partial charge in [-0.15, -0.1) is 0 Å². The molecule has 10 heteroatoms. The van der Waals surface area contributed by atoms with Crippen molar-refractivity contribution >= 4 is 39.7 Å². The zero-order valence-electron chi connectivity index (χ0n) is 10.0. The van der Waals surface area contributed by atoms with Gasteiger partial charge in [-0.05, 0) is 22.6 Å². The van der Waals surface area contributed by atoms with E-state index in [2.05, 4.69) is 15.0 Å². The summed E-state index contributed by atoms with van der Waals surface area (Å²) in [7, 11) is 0. The minimum absolute atomic E-state index is 0.0383. The number of rotatable bonds is 2. The van der Waals surface area contributed by atoms with Crippen LogP contribution in [0.3, 0.4) is 0 Å². The Labute approximate surface area is 125 Å². The van der Waals surface area contributed by atoms with Gasteiger partial charge in [0.1, 0.15) is 21.4 Å². The fourth-order valence-corrected chi connectivity index (χ4v) is 2.79. The van der Waals surface area contributed by atoms with Gasteiger partial charge in [-0.1, -0.05) is 0 Å². The number of hydrogen-bond donors (Lipinski definition) is 3. The SMILES string of the molecule is Nc1nc(I)c2ncn([C@@H]3O[C@H](CO)[C@H](O)C3F)c2n1. The third-order valence-electron chi connectivity index (χ3n) is 3.14. The first-order valence-electron chi connectivity index (χ1n) is 5.77. The van der Waals surface area contributed by atoms with Crippen LogP contribution in [0.1, 0.15) is 6.23 Å². The van der Waals surface area contributed by atoms with E-state index in [0.29, 0.717) is 14.9 Å². The number of nitrogen functional groups attached to an aromatic ring is 1. The normalized spacial score (nSPS) is 30.2. The second-order valence-electron chi connectivity index (χ2n) is 4.38. The number of fused-ring (bicyclic) bond motifs is 1. The first kappa shape index (κ1) is 13.9. The molecule has 1 fully saturated rings. The first-order chi connectivity index (χ1) is 9.52. The number of nitrogens with zero attached hydrogens (tertiary/aromatic N) is 4. The summed E-state index contributed by atoms with van der Waals surface area (Å²) in [5.74, 6) is 0.0383. The molecule has 3 rings (SSSR count). The van der Waals surface area contributed by atoms with E-state index in [1.54, 1.807) is 0 Å². The molecule has 0 bridgehead atoms. The molecule has 1 unspecified atom stereocenters. The summed E-state index contributed by atoms with van der Waals surface area (Å²) in [6.07, 6.45) is -3.84. The van der Waals surface area contributed by atoms with Crippen molar-refractivity contribution in [2.45, 2.75) is 24.6 Å². The maximum atomic E-state index is 14.1. The van der Waals surface area contributed by atoms with Crippen LogP contribution in [0.15, 0.2) is 6.33 Å². The fourth-order valence-electron chi connectivity index (χ4n) is 2.16. The number of alkyl halides is 1. The molecule has 1 aliphatic heterocycles. The van der Waals surface area contributed by atoms with Gasteiger partial charge in [-0.3, -0.25) is 4.57 Å². The van der Waals surface area contributed by atoms with E-state index in [1.165, 1.54) is 10.9 Å². The molecule has 0 amide bonds. The molecule has 0 aromatic carbocycles. The van der Waals surface area contributed by atoms with Gasteiger partial charge < -0.3 is 20.7 Å². The van der Waals surface area contributed by atoms with Crippen LogP contribution >= 0.6 is 22.6 Å². The Kier molecular flexibility index (Phi) is 3.48. The van der Waals surface area contributed by atoms with E-state index >= 15 is 0 Å². The summed E-state index contributed by atoms with van der Waals surface area (Å²) in [4.78, 5) is 12.1. The summed E-state index contributed by atoms with van der Waals surface area (Å²) >= 11 is 1.95. The van der Waals surface area contributed by atoms with Crippen LogP contribution in [-0.4, -0.2) is 54.7 Å². The average molecular weight is 395 g/mol. The van der Waals surface area contributed by atoms with Gasteiger partial charge in [-0.25, -0.2) is 14.4 Å². The molecule has 8 nitrogen and oxygen atoms in total. The number of hydrogen-bond acceptors (Lipinski definition) is 7. The van der Waals surface area contributed by atoms with Crippen molar-refractivity contribution in [2.75, 3.05) is 12.3 Å². The highest BCUT2D eigenvalue weighted by molar-refractivity contribution is 14.1. The Bertz CT molecular complexity index is 653. The van der Waals surface area contributed by atoms with Crippen LogP contribution in [0.4, 0.5) is 10.3 Å². The molecule has 0 aliphatic carbocycles.